The van der Waals surface area contributed by atoms with Gasteiger partial charge in [0.25, 0.3) is 5.69 Å². The Hall–Kier alpha value is -3.19. The molecule has 7 nitrogen and oxygen atoms in total. The van der Waals surface area contributed by atoms with Crippen LogP contribution in [0.4, 0.5) is 11.4 Å². The van der Waals surface area contributed by atoms with E-state index in [0.717, 1.165) is 16.5 Å². The number of carbonyl (C=O) groups is 1. The van der Waals surface area contributed by atoms with Gasteiger partial charge in [-0.25, -0.2) is 0 Å². The molecular formula is C17H13ClN4O3. The van der Waals surface area contributed by atoms with Gasteiger partial charge in [-0.1, -0.05) is 29.8 Å². The monoisotopic (exact) mass is 356 g/mol. The molecule has 2 N–H and O–H groups in total. The number of amides is 1. The Balaban J connectivity index is 2.00. The highest BCUT2D eigenvalue weighted by Gasteiger charge is 2.12. The van der Waals surface area contributed by atoms with E-state index in [-0.39, 0.29) is 17.3 Å². The highest BCUT2D eigenvalue weighted by molar-refractivity contribution is 6.32. The fourth-order valence-electron chi connectivity index (χ4n) is 2.54. The van der Waals surface area contributed by atoms with E-state index < -0.39 is 10.8 Å². The number of nitro benzene ring substituents is 1. The van der Waals surface area contributed by atoms with Gasteiger partial charge in [0.2, 0.25) is 5.91 Å². The average molecular weight is 357 g/mol. The number of para-hydroxylation sites is 1. The smallest absolute Gasteiger partial charge is 0.290 e. The Labute approximate surface area is 147 Å². The molecule has 0 spiro atoms. The molecule has 0 bridgehead atoms. The van der Waals surface area contributed by atoms with E-state index in [2.05, 4.69) is 4.99 Å². The van der Waals surface area contributed by atoms with Gasteiger partial charge in [-0.05, 0) is 18.2 Å². The summed E-state index contributed by atoms with van der Waals surface area (Å²) in [6.07, 6.45) is 3.36. The fraction of sp³-hybridized carbons (Fsp3) is 0.0588. The van der Waals surface area contributed by atoms with Crippen molar-refractivity contribution in [3.63, 3.8) is 0 Å². The van der Waals surface area contributed by atoms with Crippen molar-refractivity contribution >= 4 is 46.0 Å². The summed E-state index contributed by atoms with van der Waals surface area (Å²) in [5.74, 6) is -0.447. The SMILES string of the molecule is NC(=O)Cn1cc(C=Nc2ccc(Cl)c([N+](=O)[O-])c2)c2ccccc21. The van der Waals surface area contributed by atoms with Gasteiger partial charge in [0.15, 0.2) is 0 Å². The van der Waals surface area contributed by atoms with Crippen molar-refractivity contribution in [1.29, 1.82) is 0 Å². The number of rotatable bonds is 5. The van der Waals surface area contributed by atoms with E-state index in [1.807, 2.05) is 24.3 Å². The van der Waals surface area contributed by atoms with E-state index in [1.54, 1.807) is 23.0 Å². The summed E-state index contributed by atoms with van der Waals surface area (Å²) in [6.45, 7) is 0.0563. The van der Waals surface area contributed by atoms with Crippen molar-refractivity contribution in [1.82, 2.24) is 4.57 Å². The first kappa shape index (κ1) is 16.7. The zero-order valence-electron chi connectivity index (χ0n) is 12.9. The number of nitrogens with two attached hydrogens (primary N) is 1. The third-order valence-electron chi connectivity index (χ3n) is 3.62. The van der Waals surface area contributed by atoms with Crippen molar-refractivity contribution in [3.8, 4) is 0 Å². The number of aromatic nitrogens is 1. The Kier molecular flexibility index (Phi) is 4.49. The second-order valence-corrected chi connectivity index (χ2v) is 5.75. The highest BCUT2D eigenvalue weighted by Crippen LogP contribution is 2.29. The number of fused-ring (bicyclic) bond motifs is 1. The zero-order valence-corrected chi connectivity index (χ0v) is 13.7. The molecule has 0 unspecified atom stereocenters. The quantitative estimate of drug-likeness (QED) is 0.430. The maximum atomic E-state index is 11.2. The van der Waals surface area contributed by atoms with Crippen LogP contribution < -0.4 is 5.73 Å². The number of benzene rings is 2. The van der Waals surface area contributed by atoms with Crippen LogP contribution in [-0.4, -0.2) is 21.6 Å². The van der Waals surface area contributed by atoms with Crippen LogP contribution in [0.1, 0.15) is 5.56 Å². The number of carbonyl (C=O) groups excluding carboxylic acids is 1. The molecule has 0 fully saturated rings. The molecule has 0 atom stereocenters. The lowest BCUT2D eigenvalue weighted by atomic mass is 10.2. The summed E-state index contributed by atoms with van der Waals surface area (Å²) >= 11 is 5.80. The Morgan fingerprint density at radius 2 is 2.08 bits per heavy atom. The van der Waals surface area contributed by atoms with Crippen LogP contribution in [0.25, 0.3) is 10.9 Å². The summed E-state index contributed by atoms with van der Waals surface area (Å²) in [6, 6.07) is 11.9. The lowest BCUT2D eigenvalue weighted by Crippen LogP contribution is -2.17. The van der Waals surface area contributed by atoms with E-state index in [1.165, 1.54) is 12.1 Å². The molecule has 0 aliphatic carbocycles. The fourth-order valence-corrected chi connectivity index (χ4v) is 2.73. The number of halogens is 1. The molecule has 0 saturated heterocycles. The molecule has 1 amide bonds. The van der Waals surface area contributed by atoms with Crippen molar-refractivity contribution in [2.75, 3.05) is 0 Å². The number of aliphatic imine (C=N–C) groups is 1. The minimum atomic E-state index is -0.555. The van der Waals surface area contributed by atoms with Crippen molar-refractivity contribution in [3.05, 3.63) is 69.4 Å². The molecule has 1 aromatic heterocycles. The number of nitrogens with zero attached hydrogens (tertiary/aromatic N) is 3. The second-order valence-electron chi connectivity index (χ2n) is 5.35. The Morgan fingerprint density at radius 1 is 1.32 bits per heavy atom. The summed E-state index contributed by atoms with van der Waals surface area (Å²) < 4.78 is 1.74. The van der Waals surface area contributed by atoms with Crippen LogP contribution in [0.3, 0.4) is 0 Å². The maximum absolute atomic E-state index is 11.2. The van der Waals surface area contributed by atoms with Crippen LogP contribution in [0.2, 0.25) is 5.02 Å². The normalized spacial score (nSPS) is 11.2. The van der Waals surface area contributed by atoms with Crippen LogP contribution in [0.15, 0.2) is 53.7 Å². The third-order valence-corrected chi connectivity index (χ3v) is 3.94. The van der Waals surface area contributed by atoms with Gasteiger partial charge in [-0.2, -0.15) is 0 Å². The standard InChI is InChI=1S/C17H13ClN4O3/c18-14-6-5-12(7-16(14)22(24)25)20-8-11-9-21(10-17(19)23)15-4-2-1-3-13(11)15/h1-9H,10H2,(H2,19,23). The largest absolute Gasteiger partial charge is 0.368 e. The first-order chi connectivity index (χ1) is 12.0. The molecule has 25 heavy (non-hydrogen) atoms. The molecule has 8 heteroatoms. The van der Waals surface area contributed by atoms with Crippen LogP contribution in [-0.2, 0) is 11.3 Å². The Bertz CT molecular complexity index is 1010. The molecule has 0 aliphatic rings. The van der Waals surface area contributed by atoms with Gasteiger partial charge in [0, 0.05) is 34.9 Å². The average Bonchev–Trinajstić information content (AvgIpc) is 2.91. The molecule has 126 valence electrons. The van der Waals surface area contributed by atoms with E-state index in [9.17, 15) is 14.9 Å². The summed E-state index contributed by atoms with van der Waals surface area (Å²) in [5.41, 5.74) is 7.11. The first-order valence-corrected chi connectivity index (χ1v) is 7.67. The lowest BCUT2D eigenvalue weighted by Gasteiger charge is -2.00. The molecule has 0 radical (unpaired) electrons. The van der Waals surface area contributed by atoms with E-state index >= 15 is 0 Å². The van der Waals surface area contributed by atoms with Gasteiger partial charge < -0.3 is 10.3 Å². The summed E-state index contributed by atoms with van der Waals surface area (Å²) in [4.78, 5) is 25.9. The van der Waals surface area contributed by atoms with Crippen molar-refractivity contribution < 1.29 is 9.72 Å². The zero-order chi connectivity index (χ0) is 18.0. The molecular weight excluding hydrogens is 344 g/mol. The molecule has 3 aromatic rings. The van der Waals surface area contributed by atoms with Crippen LogP contribution >= 0.6 is 11.6 Å². The summed E-state index contributed by atoms with van der Waals surface area (Å²) in [7, 11) is 0. The molecule has 0 aliphatic heterocycles. The maximum Gasteiger partial charge on any atom is 0.290 e. The molecule has 1 heterocycles. The predicted octanol–water partition coefficient (Wildman–Crippen LogP) is 3.44. The highest BCUT2D eigenvalue weighted by atomic mass is 35.5. The first-order valence-electron chi connectivity index (χ1n) is 7.30. The Morgan fingerprint density at radius 3 is 2.80 bits per heavy atom. The second kappa shape index (κ2) is 6.74. The van der Waals surface area contributed by atoms with E-state index in [0.29, 0.717) is 5.69 Å². The van der Waals surface area contributed by atoms with Gasteiger partial charge in [0.05, 0.1) is 10.6 Å². The molecule has 3 rings (SSSR count). The topological polar surface area (TPSA) is 104 Å². The lowest BCUT2D eigenvalue weighted by molar-refractivity contribution is -0.384. The number of hydrogen-bond donors (Lipinski definition) is 1. The number of hydrogen-bond acceptors (Lipinski definition) is 4. The third kappa shape index (κ3) is 3.51. The van der Waals surface area contributed by atoms with Crippen LogP contribution in [0, 0.1) is 10.1 Å². The minimum Gasteiger partial charge on any atom is -0.368 e. The van der Waals surface area contributed by atoms with Gasteiger partial charge in [-0.15, -0.1) is 0 Å². The van der Waals surface area contributed by atoms with Gasteiger partial charge in [-0.3, -0.25) is 19.9 Å². The van der Waals surface area contributed by atoms with Crippen LogP contribution in [0.5, 0.6) is 0 Å². The van der Waals surface area contributed by atoms with E-state index in [4.69, 9.17) is 17.3 Å². The van der Waals surface area contributed by atoms with Gasteiger partial charge in [0.1, 0.15) is 11.6 Å². The summed E-state index contributed by atoms with van der Waals surface area (Å²) in [5, 5.41) is 11.9. The number of primary amides is 1. The van der Waals surface area contributed by atoms with Crippen molar-refractivity contribution in [2.45, 2.75) is 6.54 Å². The number of nitro groups is 1. The molecule has 2 aromatic carbocycles. The predicted molar refractivity (Wildman–Crippen MR) is 96.5 cm³/mol. The van der Waals surface area contributed by atoms with Gasteiger partial charge >= 0.3 is 0 Å². The molecule has 0 saturated carbocycles. The minimum absolute atomic E-state index is 0.0563. The van der Waals surface area contributed by atoms with Crippen molar-refractivity contribution in [2.24, 2.45) is 10.7 Å².